The van der Waals surface area contributed by atoms with Crippen LogP contribution in [0.3, 0.4) is 0 Å². The fraction of sp³-hybridized carbons (Fsp3) is 0.455. The minimum Gasteiger partial charge on any atom is -0.290 e. The second-order valence-corrected chi connectivity index (χ2v) is 9.62. The number of halogens is 30. The SMILES string of the molecule is Fc1c(F)c(F)c(C(F)(OC(F)(c2c(F)c(F)c(F)c(F)c2F)C(F)(F)C(F)(F)C(F)(F)C(F)(F)F)C(F)(F)C(F)(F)C(F)(F)C(F)(F)F)c(F)c1F. The van der Waals surface area contributed by atoms with Gasteiger partial charge in [0.2, 0.25) is 11.6 Å². The Balaban J connectivity index is 3.56. The van der Waals surface area contributed by atoms with Gasteiger partial charge in [0.15, 0.2) is 46.5 Å². The Labute approximate surface area is 266 Å². The smallest absolute Gasteiger partial charge is 0.290 e. The molecular weight excluding hydrogens is 850 g/mol. The predicted octanol–water partition coefficient (Wildman–Crippen LogP) is 11.0. The molecule has 2 unspecified atom stereocenters. The average Bonchev–Trinajstić information content (AvgIpc) is 2.99. The van der Waals surface area contributed by atoms with Crippen LogP contribution < -0.4 is 0 Å². The molecule has 0 amide bonds. The van der Waals surface area contributed by atoms with E-state index < -0.39 is 129 Å². The van der Waals surface area contributed by atoms with Gasteiger partial charge in [-0.25, -0.2) is 43.9 Å². The summed E-state index contributed by atoms with van der Waals surface area (Å²) >= 11 is 0. The van der Waals surface area contributed by atoms with Crippen LogP contribution in [0.4, 0.5) is 132 Å². The number of hydrogen-bond acceptors (Lipinski definition) is 1. The van der Waals surface area contributed by atoms with Crippen LogP contribution in [0.5, 0.6) is 0 Å². The van der Waals surface area contributed by atoms with Crippen LogP contribution in [-0.4, -0.2) is 47.9 Å². The summed E-state index contributed by atoms with van der Waals surface area (Å²) < 4.78 is 422. The maximum Gasteiger partial charge on any atom is 0.460 e. The van der Waals surface area contributed by atoms with Crippen LogP contribution >= 0.6 is 0 Å². The van der Waals surface area contributed by atoms with Crippen LogP contribution in [0.25, 0.3) is 0 Å². The molecule has 2 atom stereocenters. The van der Waals surface area contributed by atoms with Gasteiger partial charge >= 0.3 is 59.6 Å². The van der Waals surface area contributed by atoms with Gasteiger partial charge in [-0.1, -0.05) is 0 Å². The number of benzene rings is 2. The Bertz CT molecular complexity index is 1580. The van der Waals surface area contributed by atoms with E-state index in [1.807, 2.05) is 0 Å². The third-order valence-electron chi connectivity index (χ3n) is 6.44. The minimum atomic E-state index is -9.49. The second kappa shape index (κ2) is 12.4. The lowest BCUT2D eigenvalue weighted by atomic mass is 9.87. The first-order valence-electron chi connectivity index (χ1n) is 11.6. The van der Waals surface area contributed by atoms with E-state index in [0.717, 1.165) is 0 Å². The summed E-state index contributed by atoms with van der Waals surface area (Å²) in [5, 5.41) is 0. The summed E-state index contributed by atoms with van der Waals surface area (Å²) in [4.78, 5) is 0. The van der Waals surface area contributed by atoms with Crippen LogP contribution in [0.15, 0.2) is 0 Å². The molecule has 0 aromatic heterocycles. The quantitative estimate of drug-likeness (QED) is 0.131. The van der Waals surface area contributed by atoms with E-state index in [1.54, 1.807) is 4.74 Å². The Hall–Kier alpha value is -3.70. The van der Waals surface area contributed by atoms with Gasteiger partial charge in [0.1, 0.15) is 11.1 Å². The van der Waals surface area contributed by atoms with Crippen molar-refractivity contribution in [1.29, 1.82) is 0 Å². The fourth-order valence-electron chi connectivity index (χ4n) is 3.67. The highest BCUT2D eigenvalue weighted by molar-refractivity contribution is 5.35. The van der Waals surface area contributed by atoms with Gasteiger partial charge in [0.05, 0.1) is 0 Å². The van der Waals surface area contributed by atoms with E-state index in [2.05, 4.69) is 0 Å². The van der Waals surface area contributed by atoms with Crippen molar-refractivity contribution in [2.45, 2.75) is 59.6 Å². The molecule has 0 spiro atoms. The first-order chi connectivity index (χ1) is 23.1. The van der Waals surface area contributed by atoms with E-state index >= 15 is 26.3 Å². The fourth-order valence-corrected chi connectivity index (χ4v) is 3.67. The molecule has 2 aromatic rings. The van der Waals surface area contributed by atoms with Crippen molar-refractivity contribution in [2.24, 2.45) is 0 Å². The molecule has 0 heterocycles. The van der Waals surface area contributed by atoms with Crippen molar-refractivity contribution in [3.05, 3.63) is 69.3 Å². The van der Waals surface area contributed by atoms with E-state index in [-0.39, 0.29) is 0 Å². The predicted molar refractivity (Wildman–Crippen MR) is 101 cm³/mol. The first kappa shape index (κ1) is 45.5. The molecule has 2 rings (SSSR count). The number of hydrogen-bond donors (Lipinski definition) is 0. The summed E-state index contributed by atoms with van der Waals surface area (Å²) in [6.45, 7) is 0. The molecule has 53 heavy (non-hydrogen) atoms. The Morgan fingerprint density at radius 2 is 0.396 bits per heavy atom. The number of alkyl halides is 20. The summed E-state index contributed by atoms with van der Waals surface area (Å²) in [6.07, 6.45) is -16.8. The zero-order valence-corrected chi connectivity index (χ0v) is 22.7. The van der Waals surface area contributed by atoms with Crippen molar-refractivity contribution in [3.8, 4) is 0 Å². The molecule has 0 aliphatic heterocycles. The van der Waals surface area contributed by atoms with Gasteiger partial charge in [0, 0.05) is 0 Å². The minimum absolute atomic E-state index is 1.67. The maximum atomic E-state index is 16.1. The van der Waals surface area contributed by atoms with Crippen LogP contribution in [-0.2, 0) is 16.4 Å². The standard InChI is InChI=1S/C22F30O/c23-3-1(4(24)8(28)11(31)7(3)27)13(33,15(35,36)17(39,40)19(43,44)21(47,48)49)53-14(34,2-5(25)9(29)12(32)10(30)6(2)26)16(37,38)18(41,42)20(45,46)22(50,51)52. The Morgan fingerprint density at radius 1 is 0.226 bits per heavy atom. The molecule has 0 aliphatic carbocycles. The lowest BCUT2D eigenvalue weighted by Gasteiger charge is -2.46. The first-order valence-corrected chi connectivity index (χ1v) is 11.6. The van der Waals surface area contributed by atoms with Crippen molar-refractivity contribution in [1.82, 2.24) is 0 Å². The largest absolute Gasteiger partial charge is 0.460 e. The summed E-state index contributed by atoms with van der Waals surface area (Å²) in [5.74, 6) is -118. The third-order valence-corrected chi connectivity index (χ3v) is 6.44. The van der Waals surface area contributed by atoms with E-state index in [4.69, 9.17) is 0 Å². The molecule has 0 saturated carbocycles. The summed E-state index contributed by atoms with van der Waals surface area (Å²) in [7, 11) is 0. The number of rotatable bonds is 10. The molecule has 304 valence electrons. The topological polar surface area (TPSA) is 9.23 Å². The van der Waals surface area contributed by atoms with Crippen LogP contribution in [0.2, 0.25) is 0 Å². The lowest BCUT2D eigenvalue weighted by molar-refractivity contribution is -0.492. The zero-order chi connectivity index (χ0) is 42.6. The molecule has 0 aliphatic rings. The van der Waals surface area contributed by atoms with E-state index in [1.165, 1.54) is 0 Å². The molecule has 2 aromatic carbocycles. The zero-order valence-electron chi connectivity index (χ0n) is 22.7. The third kappa shape index (κ3) is 5.74. The van der Waals surface area contributed by atoms with Gasteiger partial charge in [-0.3, -0.25) is 4.74 Å². The maximum absolute atomic E-state index is 16.1. The van der Waals surface area contributed by atoms with E-state index in [9.17, 15) is 105 Å². The molecule has 1 nitrogen and oxygen atoms in total. The second-order valence-electron chi connectivity index (χ2n) is 9.62. The van der Waals surface area contributed by atoms with Gasteiger partial charge in [-0.05, 0) is 0 Å². The van der Waals surface area contributed by atoms with Crippen LogP contribution in [0.1, 0.15) is 11.1 Å². The van der Waals surface area contributed by atoms with Crippen molar-refractivity contribution in [2.75, 3.05) is 0 Å². The van der Waals surface area contributed by atoms with Gasteiger partial charge in [-0.15, -0.1) is 0 Å². The average molecular weight is 850 g/mol. The highest BCUT2D eigenvalue weighted by Gasteiger charge is 2.92. The Morgan fingerprint density at radius 3 is 0.566 bits per heavy atom. The highest BCUT2D eigenvalue weighted by Crippen LogP contribution is 2.66. The Kier molecular flexibility index (Phi) is 10.6. The summed E-state index contributed by atoms with van der Waals surface area (Å²) in [5.41, 5.74) is -10.6. The summed E-state index contributed by atoms with van der Waals surface area (Å²) in [6, 6.07) is 0. The van der Waals surface area contributed by atoms with Crippen LogP contribution in [0, 0.1) is 58.2 Å². The monoisotopic (exact) mass is 850 g/mol. The van der Waals surface area contributed by atoms with Crippen molar-refractivity contribution < 1.29 is 136 Å². The molecule has 0 bridgehead atoms. The molecule has 0 saturated heterocycles. The van der Waals surface area contributed by atoms with Gasteiger partial charge < -0.3 is 0 Å². The molecule has 0 N–H and O–H groups in total. The number of ether oxygens (including phenoxy) is 1. The van der Waals surface area contributed by atoms with Crippen molar-refractivity contribution in [3.63, 3.8) is 0 Å². The molecule has 0 fully saturated rings. The van der Waals surface area contributed by atoms with Gasteiger partial charge in [0.25, 0.3) is 0 Å². The molecule has 31 heteroatoms. The van der Waals surface area contributed by atoms with Gasteiger partial charge in [-0.2, -0.15) is 87.8 Å². The lowest BCUT2D eigenvalue weighted by Crippen LogP contribution is -2.71. The van der Waals surface area contributed by atoms with E-state index in [0.29, 0.717) is 0 Å². The van der Waals surface area contributed by atoms with Crippen molar-refractivity contribution >= 4 is 0 Å². The highest BCUT2D eigenvalue weighted by atomic mass is 19.4. The molecule has 0 radical (unpaired) electrons. The normalized spacial score (nSPS) is 16.9. The molecular formula is C22F30O.